The third kappa shape index (κ3) is 4.07. The second-order valence-corrected chi connectivity index (χ2v) is 5.32. The van der Waals surface area contributed by atoms with E-state index in [1.54, 1.807) is 30.3 Å². The van der Waals surface area contributed by atoms with Crippen LogP contribution in [0.5, 0.6) is 11.5 Å². The van der Waals surface area contributed by atoms with Crippen molar-refractivity contribution < 1.29 is 14.3 Å². The number of anilines is 3. The molecular formula is C19H18N4O3. The van der Waals surface area contributed by atoms with Gasteiger partial charge in [-0.3, -0.25) is 4.79 Å². The van der Waals surface area contributed by atoms with Gasteiger partial charge in [0.15, 0.2) is 23.1 Å². The summed E-state index contributed by atoms with van der Waals surface area (Å²) in [6, 6.07) is 18.0. The highest BCUT2D eigenvalue weighted by atomic mass is 16.5. The van der Waals surface area contributed by atoms with Crippen LogP contribution in [0, 0.1) is 0 Å². The van der Waals surface area contributed by atoms with Gasteiger partial charge in [-0.25, -0.2) is 0 Å². The summed E-state index contributed by atoms with van der Waals surface area (Å²) in [6.45, 7) is 0. The Balaban J connectivity index is 1.68. The molecule has 0 fully saturated rings. The number of amides is 1. The molecule has 1 amide bonds. The van der Waals surface area contributed by atoms with Crippen molar-refractivity contribution in [1.29, 1.82) is 0 Å². The molecule has 0 saturated heterocycles. The minimum atomic E-state index is -0.316. The molecule has 3 aromatic rings. The van der Waals surface area contributed by atoms with Crippen molar-refractivity contribution in [3.63, 3.8) is 0 Å². The number of ether oxygens (including phenoxy) is 2. The molecule has 0 radical (unpaired) electrons. The molecule has 26 heavy (non-hydrogen) atoms. The molecule has 2 N–H and O–H groups in total. The monoisotopic (exact) mass is 350 g/mol. The van der Waals surface area contributed by atoms with E-state index in [0.29, 0.717) is 28.7 Å². The van der Waals surface area contributed by atoms with Crippen LogP contribution in [0.15, 0.2) is 60.7 Å². The second kappa shape index (κ2) is 7.98. The van der Waals surface area contributed by atoms with Gasteiger partial charge in [-0.2, -0.15) is 0 Å². The van der Waals surface area contributed by atoms with Gasteiger partial charge in [-0.05, 0) is 42.5 Å². The van der Waals surface area contributed by atoms with Crippen molar-refractivity contribution in [1.82, 2.24) is 10.2 Å². The van der Waals surface area contributed by atoms with Gasteiger partial charge in [0.2, 0.25) is 0 Å². The molecule has 0 bridgehead atoms. The molecule has 0 spiro atoms. The predicted molar refractivity (Wildman–Crippen MR) is 99.3 cm³/mol. The quantitative estimate of drug-likeness (QED) is 0.708. The maximum atomic E-state index is 12.4. The lowest BCUT2D eigenvalue weighted by molar-refractivity contribution is 0.102. The van der Waals surface area contributed by atoms with Gasteiger partial charge in [0.25, 0.3) is 5.91 Å². The van der Waals surface area contributed by atoms with Gasteiger partial charge in [0.05, 0.1) is 14.2 Å². The second-order valence-electron chi connectivity index (χ2n) is 5.32. The van der Waals surface area contributed by atoms with Crippen LogP contribution in [0.3, 0.4) is 0 Å². The average Bonchev–Trinajstić information content (AvgIpc) is 2.69. The highest BCUT2D eigenvalue weighted by molar-refractivity contribution is 6.04. The minimum Gasteiger partial charge on any atom is -0.493 e. The number of hydrogen-bond acceptors (Lipinski definition) is 6. The van der Waals surface area contributed by atoms with E-state index < -0.39 is 0 Å². The molecule has 0 aliphatic heterocycles. The number of para-hydroxylation sites is 1. The van der Waals surface area contributed by atoms with Crippen LogP contribution in [0.4, 0.5) is 17.3 Å². The summed E-state index contributed by atoms with van der Waals surface area (Å²) in [4.78, 5) is 12.4. The topological polar surface area (TPSA) is 85.4 Å². The zero-order chi connectivity index (χ0) is 18.4. The molecule has 7 nitrogen and oxygen atoms in total. The Hall–Kier alpha value is -3.61. The van der Waals surface area contributed by atoms with Crippen LogP contribution >= 0.6 is 0 Å². The molecule has 0 saturated carbocycles. The lowest BCUT2D eigenvalue weighted by Gasteiger charge is -2.10. The van der Waals surface area contributed by atoms with Crippen molar-refractivity contribution in [2.75, 3.05) is 24.9 Å². The first-order valence-electron chi connectivity index (χ1n) is 7.89. The van der Waals surface area contributed by atoms with Crippen molar-refractivity contribution >= 4 is 23.2 Å². The molecule has 0 unspecified atom stereocenters. The molecule has 3 rings (SSSR count). The fraction of sp³-hybridized carbons (Fsp3) is 0.105. The van der Waals surface area contributed by atoms with Gasteiger partial charge in [0.1, 0.15) is 0 Å². The largest absolute Gasteiger partial charge is 0.493 e. The summed E-state index contributed by atoms with van der Waals surface area (Å²) < 4.78 is 10.4. The molecule has 0 atom stereocenters. The van der Waals surface area contributed by atoms with E-state index in [4.69, 9.17) is 9.47 Å². The number of rotatable bonds is 6. The zero-order valence-corrected chi connectivity index (χ0v) is 14.4. The number of methoxy groups -OCH3 is 2. The molecular weight excluding hydrogens is 332 g/mol. The van der Waals surface area contributed by atoms with Crippen LogP contribution in [-0.4, -0.2) is 30.3 Å². The highest BCUT2D eigenvalue weighted by Crippen LogP contribution is 2.27. The molecule has 0 aliphatic carbocycles. The van der Waals surface area contributed by atoms with Crippen LogP contribution < -0.4 is 20.1 Å². The number of nitrogens with one attached hydrogen (secondary N) is 2. The van der Waals surface area contributed by atoms with Crippen LogP contribution in [0.2, 0.25) is 0 Å². The number of aromatic nitrogens is 2. The van der Waals surface area contributed by atoms with E-state index in [0.717, 1.165) is 5.69 Å². The average molecular weight is 350 g/mol. The Morgan fingerprint density at radius 2 is 1.54 bits per heavy atom. The molecule has 2 aromatic carbocycles. The fourth-order valence-electron chi connectivity index (χ4n) is 2.30. The van der Waals surface area contributed by atoms with Gasteiger partial charge in [-0.15, -0.1) is 10.2 Å². The Labute approximate surface area is 151 Å². The molecule has 132 valence electrons. The first kappa shape index (κ1) is 17.2. The van der Waals surface area contributed by atoms with Gasteiger partial charge < -0.3 is 20.1 Å². The van der Waals surface area contributed by atoms with E-state index >= 15 is 0 Å². The normalized spacial score (nSPS) is 10.1. The van der Waals surface area contributed by atoms with Crippen LogP contribution in [-0.2, 0) is 0 Å². The maximum absolute atomic E-state index is 12.4. The third-order valence-electron chi connectivity index (χ3n) is 3.60. The molecule has 0 aliphatic rings. The van der Waals surface area contributed by atoms with Crippen molar-refractivity contribution in [2.24, 2.45) is 0 Å². The molecule has 1 heterocycles. The number of benzene rings is 2. The highest BCUT2D eigenvalue weighted by Gasteiger charge is 2.11. The van der Waals surface area contributed by atoms with Gasteiger partial charge >= 0.3 is 0 Å². The van der Waals surface area contributed by atoms with E-state index in [2.05, 4.69) is 20.8 Å². The van der Waals surface area contributed by atoms with Gasteiger partial charge in [0, 0.05) is 11.3 Å². The first-order chi connectivity index (χ1) is 12.7. The number of carbonyl (C=O) groups excluding carboxylic acids is 1. The molecule has 1 aromatic heterocycles. The molecule has 7 heteroatoms. The van der Waals surface area contributed by atoms with Gasteiger partial charge in [-0.1, -0.05) is 18.2 Å². The summed E-state index contributed by atoms with van der Waals surface area (Å²) >= 11 is 0. The first-order valence-corrected chi connectivity index (χ1v) is 7.89. The number of hydrogen-bond donors (Lipinski definition) is 2. The fourth-order valence-corrected chi connectivity index (χ4v) is 2.30. The standard InChI is InChI=1S/C19H18N4O3/c1-25-15-9-8-13(12-16(15)26-2)19(24)21-18-11-10-17(22-23-18)20-14-6-4-3-5-7-14/h3-12H,1-2H3,(H,20,22)(H,21,23,24). The summed E-state index contributed by atoms with van der Waals surface area (Å²) in [6.07, 6.45) is 0. The number of carbonyl (C=O) groups is 1. The maximum Gasteiger partial charge on any atom is 0.257 e. The summed E-state index contributed by atoms with van der Waals surface area (Å²) in [5, 5.41) is 13.9. The van der Waals surface area contributed by atoms with Crippen molar-refractivity contribution in [3.8, 4) is 11.5 Å². The van der Waals surface area contributed by atoms with E-state index in [1.165, 1.54) is 14.2 Å². The minimum absolute atomic E-state index is 0.316. The lowest BCUT2D eigenvalue weighted by atomic mass is 10.2. The smallest absolute Gasteiger partial charge is 0.257 e. The SMILES string of the molecule is COc1ccc(C(=O)Nc2ccc(Nc3ccccc3)nn2)cc1OC. The van der Waals surface area contributed by atoms with E-state index in [9.17, 15) is 4.79 Å². The van der Waals surface area contributed by atoms with E-state index in [1.807, 2.05) is 30.3 Å². The van der Waals surface area contributed by atoms with Crippen molar-refractivity contribution in [2.45, 2.75) is 0 Å². The van der Waals surface area contributed by atoms with Crippen LogP contribution in [0.25, 0.3) is 0 Å². The number of nitrogens with zero attached hydrogens (tertiary/aromatic N) is 2. The third-order valence-corrected chi connectivity index (χ3v) is 3.60. The lowest BCUT2D eigenvalue weighted by Crippen LogP contribution is -2.13. The Bertz CT molecular complexity index is 883. The van der Waals surface area contributed by atoms with E-state index in [-0.39, 0.29) is 5.91 Å². The Morgan fingerprint density at radius 1 is 0.846 bits per heavy atom. The van der Waals surface area contributed by atoms with Crippen LogP contribution in [0.1, 0.15) is 10.4 Å². The summed E-state index contributed by atoms with van der Waals surface area (Å²) in [5.74, 6) is 1.65. The Kier molecular flexibility index (Phi) is 5.28. The summed E-state index contributed by atoms with van der Waals surface area (Å²) in [7, 11) is 3.06. The zero-order valence-electron chi connectivity index (χ0n) is 14.4. The predicted octanol–water partition coefficient (Wildman–Crippen LogP) is 3.49. The summed E-state index contributed by atoms with van der Waals surface area (Å²) in [5.41, 5.74) is 1.33. The van der Waals surface area contributed by atoms with Crippen molar-refractivity contribution in [3.05, 3.63) is 66.2 Å². The Morgan fingerprint density at radius 3 is 2.19 bits per heavy atom.